The summed E-state index contributed by atoms with van der Waals surface area (Å²) in [6, 6.07) is 5.00. The summed E-state index contributed by atoms with van der Waals surface area (Å²) >= 11 is 0. The lowest BCUT2D eigenvalue weighted by atomic mass is 10.2. The molecule has 0 atom stereocenters. The highest BCUT2D eigenvalue weighted by atomic mass is 16.5. The molecule has 9 heteroatoms. The first-order chi connectivity index (χ1) is 13.6. The molecule has 1 aliphatic rings. The highest BCUT2D eigenvalue weighted by Crippen LogP contribution is 2.13. The number of ether oxygens (including phenoxy) is 1. The Bertz CT molecular complexity index is 801. The van der Waals surface area contributed by atoms with Crippen LogP contribution < -0.4 is 5.32 Å². The van der Waals surface area contributed by atoms with Gasteiger partial charge in [0.05, 0.1) is 6.26 Å². The van der Waals surface area contributed by atoms with Gasteiger partial charge < -0.3 is 24.3 Å². The van der Waals surface area contributed by atoms with Crippen molar-refractivity contribution in [1.82, 2.24) is 19.8 Å². The molecule has 3 heterocycles. The Kier molecular flexibility index (Phi) is 6.59. The second-order valence-electron chi connectivity index (χ2n) is 6.52. The summed E-state index contributed by atoms with van der Waals surface area (Å²) in [6.45, 7) is 4.93. The maximum absolute atomic E-state index is 12.9. The molecule has 0 aromatic carbocycles. The number of carbonyl (C=O) groups excluding carboxylic acids is 2. The molecule has 2 aromatic heterocycles. The highest BCUT2D eigenvalue weighted by Gasteiger charge is 2.27. The molecule has 28 heavy (non-hydrogen) atoms. The fourth-order valence-corrected chi connectivity index (χ4v) is 3.03. The van der Waals surface area contributed by atoms with E-state index < -0.39 is 0 Å². The molecule has 0 aliphatic carbocycles. The number of anilines is 1. The van der Waals surface area contributed by atoms with Crippen molar-refractivity contribution in [3.8, 4) is 0 Å². The lowest BCUT2D eigenvalue weighted by Gasteiger charge is -2.34. The Balaban J connectivity index is 1.58. The molecule has 150 valence electrons. The summed E-state index contributed by atoms with van der Waals surface area (Å²) in [5, 5.41) is 3.19. The molecule has 0 spiro atoms. The second-order valence-corrected chi connectivity index (χ2v) is 6.52. The molecule has 0 radical (unpaired) electrons. The van der Waals surface area contributed by atoms with Crippen LogP contribution in [0.4, 0.5) is 5.82 Å². The van der Waals surface area contributed by atoms with Crippen LogP contribution in [0.3, 0.4) is 0 Å². The average molecular weight is 387 g/mol. The highest BCUT2D eigenvalue weighted by molar-refractivity contribution is 5.94. The number of carbonyl (C=O) groups is 2. The molecule has 9 nitrogen and oxygen atoms in total. The monoisotopic (exact) mass is 387 g/mol. The number of rotatable bonds is 7. The standard InChI is InChI=1S/C19H25N5O4/c1-14-21-15(13-17(22-14)20-6-4-11-27-2)18(25)23-7-9-24(10-8-23)19(26)16-5-3-12-28-16/h3,5,12-13H,4,6-11H2,1-2H3,(H,20,21,22). The predicted molar refractivity (Wildman–Crippen MR) is 102 cm³/mol. The minimum atomic E-state index is -0.157. The summed E-state index contributed by atoms with van der Waals surface area (Å²) in [5.74, 6) is 1.16. The molecule has 2 aromatic rings. The van der Waals surface area contributed by atoms with Crippen LogP contribution >= 0.6 is 0 Å². The minimum Gasteiger partial charge on any atom is -0.459 e. The van der Waals surface area contributed by atoms with E-state index in [-0.39, 0.29) is 11.8 Å². The number of nitrogens with one attached hydrogen (secondary N) is 1. The van der Waals surface area contributed by atoms with Crippen LogP contribution in [0.15, 0.2) is 28.9 Å². The van der Waals surface area contributed by atoms with Gasteiger partial charge in [0.25, 0.3) is 11.8 Å². The van der Waals surface area contributed by atoms with Crippen LogP contribution in [0.1, 0.15) is 33.3 Å². The van der Waals surface area contributed by atoms with Crippen molar-refractivity contribution in [2.24, 2.45) is 0 Å². The van der Waals surface area contributed by atoms with Gasteiger partial charge in [-0.15, -0.1) is 0 Å². The van der Waals surface area contributed by atoms with Crippen LogP contribution in [0, 0.1) is 6.92 Å². The zero-order valence-electron chi connectivity index (χ0n) is 16.2. The van der Waals surface area contributed by atoms with Crippen LogP contribution in [0.5, 0.6) is 0 Å². The van der Waals surface area contributed by atoms with Gasteiger partial charge >= 0.3 is 0 Å². The van der Waals surface area contributed by atoms with E-state index in [1.165, 1.54) is 6.26 Å². The maximum Gasteiger partial charge on any atom is 0.289 e. The summed E-state index contributed by atoms with van der Waals surface area (Å²) in [6.07, 6.45) is 2.32. The summed E-state index contributed by atoms with van der Waals surface area (Å²) in [7, 11) is 1.66. The zero-order chi connectivity index (χ0) is 19.9. The lowest BCUT2D eigenvalue weighted by molar-refractivity contribution is 0.0515. The van der Waals surface area contributed by atoms with Crippen molar-refractivity contribution >= 4 is 17.6 Å². The number of aromatic nitrogens is 2. The first kappa shape index (κ1) is 19.8. The SMILES string of the molecule is COCCCNc1cc(C(=O)N2CCN(C(=O)c3ccco3)CC2)nc(C)n1. The normalized spacial score (nSPS) is 14.2. The van der Waals surface area contributed by atoms with E-state index in [2.05, 4.69) is 15.3 Å². The van der Waals surface area contributed by atoms with Gasteiger partial charge in [-0.25, -0.2) is 9.97 Å². The van der Waals surface area contributed by atoms with Gasteiger partial charge in [-0.2, -0.15) is 0 Å². The van der Waals surface area contributed by atoms with Crippen molar-refractivity contribution in [3.63, 3.8) is 0 Å². The molecule has 0 bridgehead atoms. The quantitative estimate of drug-likeness (QED) is 0.717. The summed E-state index contributed by atoms with van der Waals surface area (Å²) in [5.41, 5.74) is 0.354. The average Bonchev–Trinajstić information content (AvgIpc) is 3.25. The Morgan fingerprint density at radius 1 is 1.18 bits per heavy atom. The number of aryl methyl sites for hydroxylation is 1. The molecule has 1 saturated heterocycles. The van der Waals surface area contributed by atoms with Crippen molar-refractivity contribution in [1.29, 1.82) is 0 Å². The minimum absolute atomic E-state index is 0.155. The third-order valence-corrected chi connectivity index (χ3v) is 4.47. The number of amides is 2. The predicted octanol–water partition coefficient (Wildman–Crippen LogP) is 1.42. The summed E-state index contributed by atoms with van der Waals surface area (Å²) < 4.78 is 10.2. The largest absolute Gasteiger partial charge is 0.459 e. The van der Waals surface area contributed by atoms with Crippen molar-refractivity contribution in [2.45, 2.75) is 13.3 Å². The second kappa shape index (κ2) is 9.32. The summed E-state index contributed by atoms with van der Waals surface area (Å²) in [4.78, 5) is 37.2. The molecule has 0 saturated carbocycles. The Hall–Kier alpha value is -2.94. The molecular formula is C19H25N5O4. The molecule has 0 unspecified atom stereocenters. The smallest absolute Gasteiger partial charge is 0.289 e. The zero-order valence-corrected chi connectivity index (χ0v) is 16.2. The van der Waals surface area contributed by atoms with E-state index in [0.717, 1.165) is 6.42 Å². The Morgan fingerprint density at radius 3 is 2.54 bits per heavy atom. The van der Waals surface area contributed by atoms with Crippen LogP contribution in [-0.4, -0.2) is 78.0 Å². The molecule has 1 fully saturated rings. The van der Waals surface area contributed by atoms with Gasteiger partial charge in [-0.05, 0) is 25.5 Å². The number of hydrogen-bond acceptors (Lipinski definition) is 7. The number of piperazine rings is 1. The number of methoxy groups -OCH3 is 1. The van der Waals surface area contributed by atoms with E-state index in [0.29, 0.717) is 62.4 Å². The molecule has 1 N–H and O–H groups in total. The number of nitrogens with zero attached hydrogens (tertiary/aromatic N) is 4. The van der Waals surface area contributed by atoms with Crippen molar-refractivity contribution < 1.29 is 18.7 Å². The Morgan fingerprint density at radius 2 is 1.89 bits per heavy atom. The lowest BCUT2D eigenvalue weighted by Crippen LogP contribution is -2.50. The third-order valence-electron chi connectivity index (χ3n) is 4.47. The fraction of sp³-hybridized carbons (Fsp3) is 0.474. The molecule has 3 rings (SSSR count). The van der Waals surface area contributed by atoms with E-state index in [4.69, 9.17) is 9.15 Å². The van der Waals surface area contributed by atoms with Gasteiger partial charge in [0, 0.05) is 52.5 Å². The third kappa shape index (κ3) is 4.86. The van der Waals surface area contributed by atoms with E-state index in [9.17, 15) is 9.59 Å². The van der Waals surface area contributed by atoms with Crippen molar-refractivity contribution in [2.75, 3.05) is 51.8 Å². The maximum atomic E-state index is 12.9. The first-order valence-corrected chi connectivity index (χ1v) is 9.29. The van der Waals surface area contributed by atoms with Gasteiger partial charge in [0.2, 0.25) is 0 Å². The van der Waals surface area contributed by atoms with Gasteiger partial charge in [0.15, 0.2) is 5.76 Å². The van der Waals surface area contributed by atoms with Crippen LogP contribution in [0.2, 0.25) is 0 Å². The topological polar surface area (TPSA) is 101 Å². The van der Waals surface area contributed by atoms with Crippen LogP contribution in [-0.2, 0) is 4.74 Å². The molecular weight excluding hydrogens is 362 g/mol. The van der Waals surface area contributed by atoms with Crippen LogP contribution in [0.25, 0.3) is 0 Å². The van der Waals surface area contributed by atoms with E-state index >= 15 is 0 Å². The van der Waals surface area contributed by atoms with Gasteiger partial charge in [0.1, 0.15) is 17.3 Å². The van der Waals surface area contributed by atoms with Crippen molar-refractivity contribution in [3.05, 3.63) is 41.7 Å². The fourth-order valence-electron chi connectivity index (χ4n) is 3.03. The van der Waals surface area contributed by atoms with Gasteiger partial charge in [-0.3, -0.25) is 9.59 Å². The Labute approximate surface area is 163 Å². The number of hydrogen-bond donors (Lipinski definition) is 1. The van der Waals surface area contributed by atoms with E-state index in [1.54, 1.807) is 42.0 Å². The number of furan rings is 1. The molecule has 2 amide bonds. The van der Waals surface area contributed by atoms with Gasteiger partial charge in [-0.1, -0.05) is 0 Å². The molecule has 1 aliphatic heterocycles. The first-order valence-electron chi connectivity index (χ1n) is 9.29. The van der Waals surface area contributed by atoms with E-state index in [1.807, 2.05) is 0 Å².